The molecule has 1 atom stereocenters. The molecular weight excluding hydrogens is 174 g/mol. The summed E-state index contributed by atoms with van der Waals surface area (Å²) in [5.41, 5.74) is 0.889. The molecule has 0 spiro atoms. The fourth-order valence-electron chi connectivity index (χ4n) is 0.829. The van der Waals surface area contributed by atoms with Gasteiger partial charge < -0.3 is 5.11 Å². The zero-order valence-corrected chi connectivity index (χ0v) is 7.24. The van der Waals surface area contributed by atoms with E-state index in [1.807, 2.05) is 6.07 Å². The third-order valence-corrected chi connectivity index (χ3v) is 1.84. The van der Waals surface area contributed by atoms with Crippen molar-refractivity contribution in [1.82, 2.24) is 4.98 Å². The average Bonchev–Trinajstić information content (AvgIpc) is 2.06. The van der Waals surface area contributed by atoms with Crippen molar-refractivity contribution in [2.24, 2.45) is 0 Å². The Morgan fingerprint density at radius 2 is 2.50 bits per heavy atom. The van der Waals surface area contributed by atoms with E-state index >= 15 is 0 Å². The van der Waals surface area contributed by atoms with Gasteiger partial charge in [-0.15, -0.1) is 0 Å². The number of aromatic nitrogens is 1. The third-order valence-electron chi connectivity index (χ3n) is 1.44. The minimum absolute atomic E-state index is 0.409. The van der Waals surface area contributed by atoms with Crippen molar-refractivity contribution in [3.63, 3.8) is 0 Å². The molecule has 0 fully saturated rings. The van der Waals surface area contributed by atoms with Gasteiger partial charge >= 0.3 is 5.97 Å². The summed E-state index contributed by atoms with van der Waals surface area (Å²) in [5.74, 6) is -0.901. The summed E-state index contributed by atoms with van der Waals surface area (Å²) >= 11 is 3.91. The number of nitrogens with zero attached hydrogens (tertiary/aromatic N) is 1. The van der Waals surface area contributed by atoms with E-state index in [1.165, 1.54) is 0 Å². The van der Waals surface area contributed by atoms with Crippen LogP contribution in [-0.2, 0) is 11.2 Å². The maximum atomic E-state index is 10.4. The van der Waals surface area contributed by atoms with Gasteiger partial charge in [0.05, 0.1) is 0 Å². The molecule has 64 valence electrons. The van der Waals surface area contributed by atoms with Gasteiger partial charge in [-0.2, -0.15) is 12.6 Å². The lowest BCUT2D eigenvalue weighted by Gasteiger charge is -2.03. The van der Waals surface area contributed by atoms with Gasteiger partial charge in [0.2, 0.25) is 0 Å². The van der Waals surface area contributed by atoms with Crippen molar-refractivity contribution in [2.75, 3.05) is 0 Å². The lowest BCUT2D eigenvalue weighted by Crippen LogP contribution is -2.16. The molecule has 1 aromatic heterocycles. The summed E-state index contributed by atoms with van der Waals surface area (Å²) in [5, 5.41) is 7.90. The molecule has 0 bridgehead atoms. The van der Waals surface area contributed by atoms with Crippen LogP contribution in [0.4, 0.5) is 0 Å². The van der Waals surface area contributed by atoms with Crippen molar-refractivity contribution >= 4 is 18.6 Å². The number of carboxylic acid groups (broad SMARTS) is 1. The highest BCUT2D eigenvalue weighted by Crippen LogP contribution is 2.05. The van der Waals surface area contributed by atoms with Crippen molar-refractivity contribution in [1.29, 1.82) is 0 Å². The Kier molecular flexibility index (Phi) is 3.10. The van der Waals surface area contributed by atoms with Crippen LogP contribution >= 0.6 is 12.6 Å². The van der Waals surface area contributed by atoms with Gasteiger partial charge in [-0.05, 0) is 18.1 Å². The molecule has 1 aromatic rings. The van der Waals surface area contributed by atoms with Crippen LogP contribution in [0.15, 0.2) is 24.5 Å². The number of carboxylic acids is 1. The normalized spacial score (nSPS) is 12.4. The summed E-state index contributed by atoms with van der Waals surface area (Å²) in [4.78, 5) is 14.3. The molecule has 0 aromatic carbocycles. The molecular formula is C8H9NO2S. The topological polar surface area (TPSA) is 50.2 Å². The molecule has 0 aliphatic rings. The van der Waals surface area contributed by atoms with Crippen LogP contribution in [0.25, 0.3) is 0 Å². The quantitative estimate of drug-likeness (QED) is 0.687. The molecule has 1 rings (SSSR count). The molecule has 1 unspecified atom stereocenters. The van der Waals surface area contributed by atoms with Gasteiger partial charge in [-0.3, -0.25) is 9.78 Å². The predicted octanol–water partition coefficient (Wildman–Crippen LogP) is 1.01. The number of carbonyl (C=O) groups is 1. The number of pyridine rings is 1. The second-order valence-corrected chi connectivity index (χ2v) is 3.04. The van der Waals surface area contributed by atoms with E-state index in [0.29, 0.717) is 6.42 Å². The second kappa shape index (κ2) is 4.11. The van der Waals surface area contributed by atoms with Gasteiger partial charge in [0, 0.05) is 12.4 Å². The summed E-state index contributed by atoms with van der Waals surface area (Å²) in [6.07, 6.45) is 3.70. The van der Waals surface area contributed by atoms with E-state index in [4.69, 9.17) is 5.11 Å². The monoisotopic (exact) mass is 183 g/mol. The zero-order chi connectivity index (χ0) is 8.97. The summed E-state index contributed by atoms with van der Waals surface area (Å²) < 4.78 is 0. The molecule has 0 amide bonds. The van der Waals surface area contributed by atoms with Gasteiger partial charge in [-0.25, -0.2) is 0 Å². The second-order valence-electron chi connectivity index (χ2n) is 2.42. The minimum Gasteiger partial charge on any atom is -0.480 e. The Labute approximate surface area is 75.9 Å². The molecule has 1 heterocycles. The van der Waals surface area contributed by atoms with Crippen LogP contribution in [0.5, 0.6) is 0 Å². The van der Waals surface area contributed by atoms with Crippen LogP contribution in [0.3, 0.4) is 0 Å². The van der Waals surface area contributed by atoms with Crippen molar-refractivity contribution in [3.8, 4) is 0 Å². The fourth-order valence-corrected chi connectivity index (χ4v) is 1.04. The van der Waals surface area contributed by atoms with E-state index in [2.05, 4.69) is 17.6 Å². The van der Waals surface area contributed by atoms with Crippen molar-refractivity contribution < 1.29 is 9.90 Å². The van der Waals surface area contributed by atoms with E-state index in [-0.39, 0.29) is 0 Å². The average molecular weight is 183 g/mol. The van der Waals surface area contributed by atoms with Gasteiger partial charge in [0.25, 0.3) is 0 Å². The number of thiol groups is 1. The van der Waals surface area contributed by atoms with Crippen molar-refractivity contribution in [3.05, 3.63) is 30.1 Å². The Morgan fingerprint density at radius 3 is 3.00 bits per heavy atom. The molecule has 0 radical (unpaired) electrons. The first-order chi connectivity index (χ1) is 5.70. The highest BCUT2D eigenvalue weighted by Gasteiger charge is 2.11. The summed E-state index contributed by atoms with van der Waals surface area (Å²) in [7, 11) is 0. The number of aliphatic carboxylic acids is 1. The van der Waals surface area contributed by atoms with Gasteiger partial charge in [-0.1, -0.05) is 6.07 Å². The van der Waals surface area contributed by atoms with Crippen LogP contribution in [0.1, 0.15) is 5.56 Å². The van der Waals surface area contributed by atoms with Crippen LogP contribution in [0.2, 0.25) is 0 Å². The maximum absolute atomic E-state index is 10.4. The van der Waals surface area contributed by atoms with Crippen LogP contribution < -0.4 is 0 Å². The highest BCUT2D eigenvalue weighted by molar-refractivity contribution is 7.81. The number of hydrogen-bond donors (Lipinski definition) is 2. The Bertz CT molecular complexity index is 263. The third kappa shape index (κ3) is 2.54. The fraction of sp³-hybridized carbons (Fsp3) is 0.250. The van der Waals surface area contributed by atoms with Crippen LogP contribution in [0, 0.1) is 0 Å². The SMILES string of the molecule is O=C(O)C(S)Cc1cccnc1. The smallest absolute Gasteiger partial charge is 0.316 e. The van der Waals surface area contributed by atoms with E-state index in [0.717, 1.165) is 5.56 Å². The predicted molar refractivity (Wildman–Crippen MR) is 48.4 cm³/mol. The van der Waals surface area contributed by atoms with E-state index in [9.17, 15) is 4.79 Å². The minimum atomic E-state index is -0.901. The zero-order valence-electron chi connectivity index (χ0n) is 6.34. The first kappa shape index (κ1) is 9.06. The molecule has 0 aliphatic heterocycles. The lowest BCUT2D eigenvalue weighted by molar-refractivity contribution is -0.136. The highest BCUT2D eigenvalue weighted by atomic mass is 32.1. The molecule has 3 nitrogen and oxygen atoms in total. The van der Waals surface area contributed by atoms with Crippen LogP contribution in [-0.4, -0.2) is 21.3 Å². The molecule has 0 saturated carbocycles. The number of hydrogen-bond acceptors (Lipinski definition) is 3. The molecule has 0 aliphatic carbocycles. The Hall–Kier alpha value is -1.03. The largest absolute Gasteiger partial charge is 0.480 e. The Balaban J connectivity index is 2.58. The van der Waals surface area contributed by atoms with E-state index < -0.39 is 11.2 Å². The lowest BCUT2D eigenvalue weighted by atomic mass is 10.1. The molecule has 12 heavy (non-hydrogen) atoms. The molecule has 1 N–H and O–H groups in total. The molecule has 4 heteroatoms. The summed E-state index contributed by atoms with van der Waals surface area (Å²) in [6, 6.07) is 3.61. The maximum Gasteiger partial charge on any atom is 0.316 e. The first-order valence-corrected chi connectivity index (χ1v) is 4.01. The standard InChI is InChI=1S/C8H9NO2S/c10-8(11)7(12)4-6-2-1-3-9-5-6/h1-3,5,7,12H,4H2,(H,10,11). The van der Waals surface area contributed by atoms with Gasteiger partial charge in [0.1, 0.15) is 5.25 Å². The summed E-state index contributed by atoms with van der Waals surface area (Å²) in [6.45, 7) is 0. The first-order valence-electron chi connectivity index (χ1n) is 3.50. The van der Waals surface area contributed by atoms with E-state index in [1.54, 1.807) is 18.5 Å². The Morgan fingerprint density at radius 1 is 1.75 bits per heavy atom. The van der Waals surface area contributed by atoms with Crippen molar-refractivity contribution in [2.45, 2.75) is 11.7 Å². The molecule has 0 saturated heterocycles. The van der Waals surface area contributed by atoms with Gasteiger partial charge in [0.15, 0.2) is 0 Å². The number of rotatable bonds is 3.